The molecule has 0 radical (unpaired) electrons. The molecular weight excluding hydrogens is 264 g/mol. The highest BCUT2D eigenvalue weighted by Gasteiger charge is 2.29. The van der Waals surface area contributed by atoms with E-state index in [0.29, 0.717) is 18.7 Å². The van der Waals surface area contributed by atoms with Crippen LogP contribution >= 0.6 is 0 Å². The van der Waals surface area contributed by atoms with E-state index >= 15 is 0 Å². The Morgan fingerprint density at radius 3 is 2.67 bits per heavy atom. The SMILES string of the molecule is CCC1CNC(c2ccccc2)CN1CC(COC)OC. The van der Waals surface area contributed by atoms with Gasteiger partial charge in [0, 0.05) is 45.9 Å². The maximum absolute atomic E-state index is 5.54. The number of rotatable bonds is 7. The van der Waals surface area contributed by atoms with E-state index in [-0.39, 0.29) is 6.10 Å². The van der Waals surface area contributed by atoms with Gasteiger partial charge >= 0.3 is 0 Å². The Morgan fingerprint density at radius 1 is 1.29 bits per heavy atom. The van der Waals surface area contributed by atoms with Crippen LogP contribution in [-0.4, -0.2) is 57.5 Å². The molecule has 21 heavy (non-hydrogen) atoms. The van der Waals surface area contributed by atoms with Crippen LogP contribution in [0.2, 0.25) is 0 Å². The predicted octanol–water partition coefficient (Wildman–Crippen LogP) is 2.07. The molecule has 1 heterocycles. The van der Waals surface area contributed by atoms with E-state index in [1.807, 2.05) is 0 Å². The molecule has 0 spiro atoms. The van der Waals surface area contributed by atoms with Crippen LogP contribution in [0.1, 0.15) is 24.9 Å². The molecule has 4 nitrogen and oxygen atoms in total. The van der Waals surface area contributed by atoms with Crippen molar-refractivity contribution in [3.05, 3.63) is 35.9 Å². The number of benzene rings is 1. The Kier molecular flexibility index (Phi) is 6.64. The van der Waals surface area contributed by atoms with Gasteiger partial charge in [0.1, 0.15) is 0 Å². The van der Waals surface area contributed by atoms with Crippen molar-refractivity contribution in [2.75, 3.05) is 40.5 Å². The molecule has 0 aliphatic carbocycles. The van der Waals surface area contributed by atoms with Crippen LogP contribution in [-0.2, 0) is 9.47 Å². The third-order valence-electron chi connectivity index (χ3n) is 4.33. The van der Waals surface area contributed by atoms with Crippen LogP contribution in [0.3, 0.4) is 0 Å². The molecule has 0 amide bonds. The van der Waals surface area contributed by atoms with Crippen LogP contribution in [0.15, 0.2) is 30.3 Å². The Hall–Kier alpha value is -0.940. The fraction of sp³-hybridized carbons (Fsp3) is 0.647. The second kappa shape index (κ2) is 8.49. The number of hydrogen-bond acceptors (Lipinski definition) is 4. The van der Waals surface area contributed by atoms with E-state index < -0.39 is 0 Å². The van der Waals surface area contributed by atoms with Crippen LogP contribution in [0.25, 0.3) is 0 Å². The van der Waals surface area contributed by atoms with Crippen LogP contribution in [0, 0.1) is 0 Å². The summed E-state index contributed by atoms with van der Waals surface area (Å²) in [5, 5.41) is 3.68. The number of nitrogens with one attached hydrogen (secondary N) is 1. The minimum absolute atomic E-state index is 0.138. The van der Waals surface area contributed by atoms with Crippen molar-refractivity contribution >= 4 is 0 Å². The molecular formula is C17H28N2O2. The van der Waals surface area contributed by atoms with Crippen LogP contribution < -0.4 is 5.32 Å². The third kappa shape index (κ3) is 4.51. The van der Waals surface area contributed by atoms with E-state index in [2.05, 4.69) is 47.5 Å². The first-order chi connectivity index (χ1) is 10.3. The van der Waals surface area contributed by atoms with Crippen molar-refractivity contribution in [1.29, 1.82) is 0 Å². The third-order valence-corrected chi connectivity index (χ3v) is 4.33. The van der Waals surface area contributed by atoms with Gasteiger partial charge in [0.25, 0.3) is 0 Å². The number of nitrogens with zero attached hydrogens (tertiary/aromatic N) is 1. The van der Waals surface area contributed by atoms with Gasteiger partial charge in [-0.05, 0) is 12.0 Å². The van der Waals surface area contributed by atoms with Gasteiger partial charge < -0.3 is 14.8 Å². The zero-order valence-electron chi connectivity index (χ0n) is 13.4. The molecule has 118 valence electrons. The maximum Gasteiger partial charge on any atom is 0.0931 e. The van der Waals surface area contributed by atoms with Gasteiger partial charge in [-0.1, -0.05) is 37.3 Å². The highest BCUT2D eigenvalue weighted by atomic mass is 16.5. The molecule has 1 aromatic rings. The standard InChI is InChI=1S/C17H28N2O2/c1-4-15-10-18-17(14-8-6-5-7-9-14)12-19(15)11-16(21-3)13-20-2/h5-9,15-18H,4,10-13H2,1-3H3. The zero-order chi connectivity index (χ0) is 15.1. The first kappa shape index (κ1) is 16.4. The Labute approximate surface area is 128 Å². The second-order valence-corrected chi connectivity index (χ2v) is 5.70. The van der Waals surface area contributed by atoms with Crippen LogP contribution in [0.5, 0.6) is 0 Å². The minimum atomic E-state index is 0.138. The fourth-order valence-corrected chi connectivity index (χ4v) is 3.03. The van der Waals surface area contributed by atoms with Gasteiger partial charge in [0.05, 0.1) is 12.7 Å². The van der Waals surface area contributed by atoms with Crippen molar-refractivity contribution in [3.8, 4) is 0 Å². The van der Waals surface area contributed by atoms with E-state index in [1.165, 1.54) is 5.56 Å². The van der Waals surface area contributed by atoms with E-state index in [0.717, 1.165) is 26.1 Å². The van der Waals surface area contributed by atoms with Gasteiger partial charge in [-0.15, -0.1) is 0 Å². The van der Waals surface area contributed by atoms with E-state index in [4.69, 9.17) is 9.47 Å². The molecule has 0 bridgehead atoms. The minimum Gasteiger partial charge on any atom is -0.382 e. The molecule has 1 saturated heterocycles. The lowest BCUT2D eigenvalue weighted by molar-refractivity contribution is -0.0114. The number of hydrogen-bond donors (Lipinski definition) is 1. The molecule has 3 atom stereocenters. The molecule has 0 aromatic heterocycles. The number of piperazine rings is 1. The van der Waals surface area contributed by atoms with Crippen molar-refractivity contribution in [3.63, 3.8) is 0 Å². The maximum atomic E-state index is 5.54. The lowest BCUT2D eigenvalue weighted by Gasteiger charge is -2.41. The van der Waals surface area contributed by atoms with E-state index in [9.17, 15) is 0 Å². The normalized spacial score (nSPS) is 24.9. The van der Waals surface area contributed by atoms with Gasteiger partial charge in [-0.3, -0.25) is 4.90 Å². The Balaban J connectivity index is 2.02. The average Bonchev–Trinajstić information content (AvgIpc) is 2.55. The summed E-state index contributed by atoms with van der Waals surface area (Å²) in [4.78, 5) is 2.54. The molecule has 1 aromatic carbocycles. The average molecular weight is 292 g/mol. The molecule has 1 N–H and O–H groups in total. The van der Waals surface area contributed by atoms with Gasteiger partial charge in [-0.25, -0.2) is 0 Å². The van der Waals surface area contributed by atoms with Gasteiger partial charge in [0.15, 0.2) is 0 Å². The topological polar surface area (TPSA) is 33.7 Å². The van der Waals surface area contributed by atoms with Crippen molar-refractivity contribution in [1.82, 2.24) is 10.2 Å². The van der Waals surface area contributed by atoms with E-state index in [1.54, 1.807) is 14.2 Å². The first-order valence-electron chi connectivity index (χ1n) is 7.82. The van der Waals surface area contributed by atoms with Crippen molar-refractivity contribution < 1.29 is 9.47 Å². The number of ether oxygens (including phenoxy) is 2. The molecule has 2 rings (SSSR count). The summed E-state index contributed by atoms with van der Waals surface area (Å²) in [6.45, 7) is 5.87. The molecule has 0 saturated carbocycles. The van der Waals surface area contributed by atoms with Crippen molar-refractivity contribution in [2.24, 2.45) is 0 Å². The van der Waals surface area contributed by atoms with Gasteiger partial charge in [-0.2, -0.15) is 0 Å². The first-order valence-corrected chi connectivity index (χ1v) is 7.82. The predicted molar refractivity (Wildman–Crippen MR) is 85.5 cm³/mol. The summed E-state index contributed by atoms with van der Waals surface area (Å²) < 4.78 is 10.8. The second-order valence-electron chi connectivity index (χ2n) is 5.70. The highest BCUT2D eigenvalue weighted by molar-refractivity contribution is 5.20. The molecule has 3 unspecified atom stereocenters. The number of methoxy groups -OCH3 is 2. The zero-order valence-corrected chi connectivity index (χ0v) is 13.4. The lowest BCUT2D eigenvalue weighted by Crippen LogP contribution is -2.54. The summed E-state index contributed by atoms with van der Waals surface area (Å²) >= 11 is 0. The lowest BCUT2D eigenvalue weighted by atomic mass is 10.0. The largest absolute Gasteiger partial charge is 0.382 e. The van der Waals surface area contributed by atoms with Gasteiger partial charge in [0.2, 0.25) is 0 Å². The highest BCUT2D eigenvalue weighted by Crippen LogP contribution is 2.21. The monoisotopic (exact) mass is 292 g/mol. The van der Waals surface area contributed by atoms with Crippen LogP contribution in [0.4, 0.5) is 0 Å². The summed E-state index contributed by atoms with van der Waals surface area (Å²) in [5.74, 6) is 0. The molecule has 1 fully saturated rings. The molecule has 1 aliphatic rings. The summed E-state index contributed by atoms with van der Waals surface area (Å²) in [5.41, 5.74) is 1.36. The summed E-state index contributed by atoms with van der Waals surface area (Å²) in [6, 6.07) is 11.6. The smallest absolute Gasteiger partial charge is 0.0931 e. The Bertz CT molecular complexity index is 399. The van der Waals surface area contributed by atoms with Crippen molar-refractivity contribution in [2.45, 2.75) is 31.5 Å². The quantitative estimate of drug-likeness (QED) is 0.834. The molecule has 4 heteroatoms. The summed E-state index contributed by atoms with van der Waals surface area (Å²) in [7, 11) is 3.50. The molecule has 1 aliphatic heterocycles. The summed E-state index contributed by atoms with van der Waals surface area (Å²) in [6.07, 6.45) is 1.29. The fourth-order valence-electron chi connectivity index (χ4n) is 3.03. The Morgan fingerprint density at radius 2 is 2.05 bits per heavy atom.